The largest absolute Gasteiger partial charge is 0.394 e. The van der Waals surface area contributed by atoms with Crippen LogP contribution in [0.2, 0.25) is 0 Å². The molecule has 3 aliphatic carbocycles. The first-order chi connectivity index (χ1) is 13.4. The molecule has 6 atom stereocenters. The molecule has 0 bridgehead atoms. The number of aliphatic hydroxyl groups excluding tert-OH is 1. The van der Waals surface area contributed by atoms with Gasteiger partial charge in [-0.2, -0.15) is 0 Å². The Labute approximate surface area is 170 Å². The van der Waals surface area contributed by atoms with Crippen LogP contribution in [0.5, 0.6) is 0 Å². The summed E-state index contributed by atoms with van der Waals surface area (Å²) in [5, 5.41) is 8.90. The molecule has 4 nitrogen and oxygen atoms in total. The summed E-state index contributed by atoms with van der Waals surface area (Å²) in [6.07, 6.45) is 11.7. The molecular formula is C24H38O4. The summed E-state index contributed by atoms with van der Waals surface area (Å²) >= 11 is 0. The fourth-order valence-electron chi connectivity index (χ4n) is 7.41. The Balaban J connectivity index is 1.80. The molecule has 3 rings (SSSR count). The Morgan fingerprint density at radius 2 is 2.00 bits per heavy atom. The van der Waals surface area contributed by atoms with E-state index in [1.54, 1.807) is 0 Å². The van der Waals surface area contributed by atoms with Crippen molar-refractivity contribution in [2.45, 2.75) is 72.1 Å². The first-order valence-corrected chi connectivity index (χ1v) is 11.3. The molecule has 28 heavy (non-hydrogen) atoms. The van der Waals surface area contributed by atoms with Gasteiger partial charge in [0.05, 0.1) is 13.2 Å². The molecule has 0 aromatic rings. The van der Waals surface area contributed by atoms with Crippen LogP contribution in [0.4, 0.5) is 0 Å². The monoisotopic (exact) mass is 390 g/mol. The minimum atomic E-state index is -0.0335. The van der Waals surface area contributed by atoms with Crippen molar-refractivity contribution >= 4 is 12.1 Å². The number of hydrogen-bond acceptors (Lipinski definition) is 4. The maximum atomic E-state index is 12.9. The van der Waals surface area contributed by atoms with Crippen LogP contribution in [0.15, 0.2) is 11.6 Å². The molecule has 4 heteroatoms. The van der Waals surface area contributed by atoms with Crippen LogP contribution in [-0.4, -0.2) is 37.0 Å². The lowest BCUT2D eigenvalue weighted by Crippen LogP contribution is -2.50. The first kappa shape index (κ1) is 21.7. The Hall–Kier alpha value is -1.00. The second-order valence-corrected chi connectivity index (χ2v) is 9.83. The third-order valence-corrected chi connectivity index (χ3v) is 8.64. The number of aldehydes is 1. The van der Waals surface area contributed by atoms with E-state index in [-0.39, 0.29) is 42.4 Å². The molecule has 0 amide bonds. The first-order valence-electron chi connectivity index (χ1n) is 11.3. The number of allylic oxidation sites excluding steroid dienone is 2. The van der Waals surface area contributed by atoms with Crippen molar-refractivity contribution in [2.24, 2.45) is 34.5 Å². The van der Waals surface area contributed by atoms with E-state index >= 15 is 0 Å². The molecule has 3 aliphatic rings. The van der Waals surface area contributed by atoms with E-state index in [2.05, 4.69) is 20.8 Å². The predicted molar refractivity (Wildman–Crippen MR) is 110 cm³/mol. The number of carbonyl (C=O) groups is 2. The van der Waals surface area contributed by atoms with Crippen LogP contribution in [0.1, 0.15) is 72.1 Å². The minimum absolute atomic E-state index is 0.0335. The number of carbonyl (C=O) groups excluding carboxylic acids is 2. The van der Waals surface area contributed by atoms with Crippen LogP contribution in [-0.2, 0) is 14.3 Å². The Morgan fingerprint density at radius 3 is 2.68 bits per heavy atom. The molecule has 0 aromatic carbocycles. The van der Waals surface area contributed by atoms with Crippen molar-refractivity contribution in [3.05, 3.63) is 11.6 Å². The van der Waals surface area contributed by atoms with Crippen LogP contribution < -0.4 is 0 Å². The normalized spacial score (nSPS) is 41.5. The molecule has 6 unspecified atom stereocenters. The van der Waals surface area contributed by atoms with E-state index in [1.807, 2.05) is 6.08 Å². The SMILES string of the molecule is CCCC1(C)/C(=C\C=O)CCC2C1CCC1(C)C(C(=O)COCCO)CCC21. The standard InChI is InChI=1S/C24H38O4/c1-4-11-23(2)17(10-13-25)5-6-18-19-7-8-21(22(27)16-28-15-14-26)24(19,3)12-9-20(18)23/h10,13,18-21,26H,4-9,11-12,14-16H2,1-3H3/b17-10-. The smallest absolute Gasteiger partial charge is 0.162 e. The summed E-state index contributed by atoms with van der Waals surface area (Å²) in [5.41, 5.74) is 1.57. The number of Topliss-reactive ketones (excluding diaryl/α,β-unsaturated/α-hetero) is 1. The molecule has 0 spiro atoms. The van der Waals surface area contributed by atoms with Gasteiger partial charge >= 0.3 is 0 Å². The fraction of sp³-hybridized carbons (Fsp3) is 0.833. The summed E-state index contributed by atoms with van der Waals surface area (Å²) in [6.45, 7) is 7.34. The van der Waals surface area contributed by atoms with Crippen LogP contribution in [0.25, 0.3) is 0 Å². The molecule has 0 saturated heterocycles. The van der Waals surface area contributed by atoms with Crippen molar-refractivity contribution in [1.29, 1.82) is 0 Å². The fourth-order valence-corrected chi connectivity index (χ4v) is 7.41. The molecule has 0 aliphatic heterocycles. The van der Waals surface area contributed by atoms with E-state index in [9.17, 15) is 9.59 Å². The van der Waals surface area contributed by atoms with E-state index in [0.717, 1.165) is 57.7 Å². The van der Waals surface area contributed by atoms with Gasteiger partial charge < -0.3 is 9.84 Å². The molecule has 1 N–H and O–H groups in total. The second-order valence-electron chi connectivity index (χ2n) is 9.83. The van der Waals surface area contributed by atoms with Gasteiger partial charge in [-0.25, -0.2) is 0 Å². The molecule has 158 valence electrons. The van der Waals surface area contributed by atoms with Crippen molar-refractivity contribution in [3.63, 3.8) is 0 Å². The molecule has 0 radical (unpaired) electrons. The summed E-state index contributed by atoms with van der Waals surface area (Å²) in [6, 6.07) is 0. The van der Waals surface area contributed by atoms with Gasteiger partial charge in [0, 0.05) is 5.92 Å². The zero-order valence-corrected chi connectivity index (χ0v) is 17.9. The van der Waals surface area contributed by atoms with E-state index in [1.165, 1.54) is 5.57 Å². The van der Waals surface area contributed by atoms with E-state index < -0.39 is 0 Å². The van der Waals surface area contributed by atoms with Gasteiger partial charge in [0.1, 0.15) is 12.9 Å². The van der Waals surface area contributed by atoms with Crippen molar-refractivity contribution in [3.8, 4) is 0 Å². The lowest BCUT2D eigenvalue weighted by atomic mass is 9.47. The number of hydrogen-bond donors (Lipinski definition) is 1. The Morgan fingerprint density at radius 1 is 1.21 bits per heavy atom. The second kappa shape index (κ2) is 8.79. The number of ether oxygens (including phenoxy) is 1. The number of rotatable bonds is 8. The topological polar surface area (TPSA) is 63.6 Å². The summed E-state index contributed by atoms with van der Waals surface area (Å²) in [4.78, 5) is 24.1. The van der Waals surface area contributed by atoms with Crippen molar-refractivity contribution in [2.75, 3.05) is 19.8 Å². The molecule has 3 fully saturated rings. The highest BCUT2D eigenvalue weighted by molar-refractivity contribution is 5.83. The van der Waals surface area contributed by atoms with Gasteiger partial charge in [0.15, 0.2) is 5.78 Å². The zero-order valence-electron chi connectivity index (χ0n) is 17.9. The van der Waals surface area contributed by atoms with Crippen LogP contribution in [0.3, 0.4) is 0 Å². The van der Waals surface area contributed by atoms with Gasteiger partial charge in [-0.05, 0) is 79.6 Å². The zero-order chi connectivity index (χ0) is 20.4. The van der Waals surface area contributed by atoms with Crippen LogP contribution in [0, 0.1) is 34.5 Å². The van der Waals surface area contributed by atoms with E-state index in [0.29, 0.717) is 17.8 Å². The molecule has 3 saturated carbocycles. The summed E-state index contributed by atoms with van der Waals surface area (Å²) < 4.78 is 5.35. The molecule has 0 heterocycles. The van der Waals surface area contributed by atoms with Gasteiger partial charge in [0.25, 0.3) is 0 Å². The van der Waals surface area contributed by atoms with Gasteiger partial charge in [0.2, 0.25) is 0 Å². The predicted octanol–water partition coefficient (Wildman–Crippen LogP) is 4.35. The highest BCUT2D eigenvalue weighted by Crippen LogP contribution is 2.66. The Bertz CT molecular complexity index is 612. The van der Waals surface area contributed by atoms with Gasteiger partial charge in [-0.3, -0.25) is 9.59 Å². The average molecular weight is 391 g/mol. The lowest BCUT2D eigenvalue weighted by molar-refractivity contribution is -0.134. The highest BCUT2D eigenvalue weighted by atomic mass is 16.5. The molecule has 0 aromatic heterocycles. The third kappa shape index (κ3) is 3.63. The highest BCUT2D eigenvalue weighted by Gasteiger charge is 2.59. The summed E-state index contributed by atoms with van der Waals surface area (Å²) in [7, 11) is 0. The third-order valence-electron chi connectivity index (χ3n) is 8.64. The van der Waals surface area contributed by atoms with E-state index in [4.69, 9.17) is 9.84 Å². The van der Waals surface area contributed by atoms with Gasteiger partial charge in [-0.1, -0.05) is 32.8 Å². The van der Waals surface area contributed by atoms with Crippen LogP contribution >= 0.6 is 0 Å². The molecular weight excluding hydrogens is 352 g/mol. The van der Waals surface area contributed by atoms with Crippen molar-refractivity contribution < 1.29 is 19.4 Å². The maximum absolute atomic E-state index is 12.9. The quantitative estimate of drug-likeness (QED) is 0.380. The summed E-state index contributed by atoms with van der Waals surface area (Å²) in [5.74, 6) is 2.22. The average Bonchev–Trinajstić information content (AvgIpc) is 3.02. The lowest BCUT2D eigenvalue weighted by Gasteiger charge is -2.57. The number of aliphatic hydroxyl groups is 1. The number of fused-ring (bicyclic) bond motifs is 3. The number of ketones is 1. The Kier molecular flexibility index (Phi) is 6.81. The minimum Gasteiger partial charge on any atom is -0.394 e. The van der Waals surface area contributed by atoms with Crippen molar-refractivity contribution in [1.82, 2.24) is 0 Å². The maximum Gasteiger partial charge on any atom is 0.162 e. The van der Waals surface area contributed by atoms with Gasteiger partial charge in [-0.15, -0.1) is 0 Å².